The highest BCUT2D eigenvalue weighted by Crippen LogP contribution is 2.42. The molecule has 0 spiro atoms. The molecule has 2 aromatic rings. The Kier molecular flexibility index (Phi) is 6.53. The molecule has 13 heteroatoms. The first-order chi connectivity index (χ1) is 16.0. The number of hydrogen-bond acceptors (Lipinski definition) is 8. The monoisotopic (exact) mass is 505 g/mol. The third-order valence-corrected chi connectivity index (χ3v) is 6.52. The van der Waals surface area contributed by atoms with Crippen LogP contribution < -0.4 is 19.2 Å². The molecule has 1 saturated heterocycles. The quantitative estimate of drug-likeness (QED) is 0.436. The van der Waals surface area contributed by atoms with E-state index in [0.717, 1.165) is 0 Å². The Morgan fingerprint density at radius 2 is 1.91 bits per heavy atom. The number of nitrogens with zero attached hydrogens (tertiary/aromatic N) is 1. The minimum Gasteiger partial charge on any atom is -0.493 e. The second kappa shape index (κ2) is 9.12. The van der Waals surface area contributed by atoms with E-state index < -0.39 is 21.4 Å². The first-order valence-corrected chi connectivity index (χ1v) is 11.7. The molecule has 186 valence electrons. The van der Waals surface area contributed by atoms with Crippen LogP contribution in [-0.2, 0) is 32.6 Å². The van der Waals surface area contributed by atoms with Gasteiger partial charge in [0.15, 0.2) is 11.5 Å². The molecule has 1 atom stereocenters. The van der Waals surface area contributed by atoms with Gasteiger partial charge in [0.25, 0.3) is 5.56 Å². The van der Waals surface area contributed by atoms with Gasteiger partial charge >= 0.3 is 15.6 Å². The third-order valence-electron chi connectivity index (χ3n) is 5.56. The molecule has 0 amide bonds. The third kappa shape index (κ3) is 4.59. The van der Waals surface area contributed by atoms with E-state index in [4.69, 9.17) is 18.9 Å². The van der Waals surface area contributed by atoms with Crippen LogP contribution in [0.15, 0.2) is 23.0 Å². The summed E-state index contributed by atoms with van der Waals surface area (Å²) in [6, 6.07) is 3.92. The van der Waals surface area contributed by atoms with Gasteiger partial charge in [-0.05, 0) is 31.0 Å². The number of fused-ring (bicyclic) bond motifs is 3. The number of aryl methyl sites for hydroxylation is 1. The Bertz CT molecular complexity index is 1250. The highest BCUT2D eigenvalue weighted by atomic mass is 32.2. The number of pyridine rings is 1. The van der Waals surface area contributed by atoms with E-state index in [1.165, 1.54) is 29.9 Å². The van der Waals surface area contributed by atoms with Gasteiger partial charge in [0.2, 0.25) is 0 Å². The summed E-state index contributed by atoms with van der Waals surface area (Å²) in [5, 5.41) is 0. The molecular weight excluding hydrogens is 483 g/mol. The highest BCUT2D eigenvalue weighted by Gasteiger charge is 2.49. The Labute approximate surface area is 193 Å². The lowest BCUT2D eigenvalue weighted by atomic mass is 9.94. The van der Waals surface area contributed by atoms with Crippen molar-refractivity contribution < 1.29 is 44.7 Å². The van der Waals surface area contributed by atoms with Crippen LogP contribution in [0.25, 0.3) is 11.3 Å². The van der Waals surface area contributed by atoms with Crippen LogP contribution in [-0.4, -0.2) is 58.1 Å². The van der Waals surface area contributed by atoms with Crippen molar-refractivity contribution in [2.75, 3.05) is 33.5 Å². The smallest absolute Gasteiger partial charge is 0.493 e. The molecule has 2 aliphatic heterocycles. The van der Waals surface area contributed by atoms with Crippen LogP contribution >= 0.6 is 0 Å². The first kappa shape index (κ1) is 24.4. The molecule has 34 heavy (non-hydrogen) atoms. The van der Waals surface area contributed by atoms with Crippen molar-refractivity contribution in [1.29, 1.82) is 0 Å². The summed E-state index contributed by atoms with van der Waals surface area (Å²) in [4.78, 5) is 12.8. The van der Waals surface area contributed by atoms with Crippen LogP contribution in [0, 0.1) is 6.92 Å². The molecule has 1 aromatic carbocycles. The standard InChI is InChI=1S/C21H22F3NO8S/c1-12-16(32-11-14-10-30-5-6-31-14)9-19(26)25-4-3-13-7-18(33-34(27,28)21(22,23)24)17(29-2)8-15(13)20(12)25/h7-9,14H,3-6,10-11H2,1-2H3. The van der Waals surface area contributed by atoms with E-state index >= 15 is 0 Å². The average Bonchev–Trinajstić information content (AvgIpc) is 2.79. The molecule has 4 rings (SSSR count). The summed E-state index contributed by atoms with van der Waals surface area (Å²) in [5.41, 5.74) is -3.80. The average molecular weight is 505 g/mol. The predicted octanol–water partition coefficient (Wildman–Crippen LogP) is 2.41. The zero-order valence-electron chi connectivity index (χ0n) is 18.3. The lowest BCUT2D eigenvalue weighted by Crippen LogP contribution is -2.34. The van der Waals surface area contributed by atoms with Crippen LogP contribution in [0.3, 0.4) is 0 Å². The largest absolute Gasteiger partial charge is 0.534 e. The minimum absolute atomic E-state index is 0.169. The van der Waals surface area contributed by atoms with Gasteiger partial charge in [-0.2, -0.15) is 21.6 Å². The number of hydrogen-bond donors (Lipinski definition) is 0. The fourth-order valence-electron chi connectivity index (χ4n) is 3.91. The normalized spacial score (nSPS) is 18.1. The Balaban J connectivity index is 1.73. The molecule has 0 N–H and O–H groups in total. The Morgan fingerprint density at radius 1 is 1.15 bits per heavy atom. The van der Waals surface area contributed by atoms with Gasteiger partial charge < -0.3 is 27.7 Å². The number of halogens is 3. The van der Waals surface area contributed by atoms with Gasteiger partial charge in [0.05, 0.1) is 32.6 Å². The lowest BCUT2D eigenvalue weighted by Gasteiger charge is -2.27. The Morgan fingerprint density at radius 3 is 2.56 bits per heavy atom. The van der Waals surface area contributed by atoms with Gasteiger partial charge in [-0.3, -0.25) is 4.79 Å². The summed E-state index contributed by atoms with van der Waals surface area (Å²) in [6.07, 6.45) is -0.0173. The van der Waals surface area contributed by atoms with Gasteiger partial charge in [-0.15, -0.1) is 0 Å². The summed E-state index contributed by atoms with van der Waals surface area (Å²) >= 11 is 0. The van der Waals surface area contributed by atoms with Gasteiger partial charge in [0.1, 0.15) is 18.5 Å². The molecule has 0 bridgehead atoms. The number of benzene rings is 1. The number of rotatable bonds is 6. The van der Waals surface area contributed by atoms with Crippen molar-refractivity contribution in [1.82, 2.24) is 4.57 Å². The summed E-state index contributed by atoms with van der Waals surface area (Å²) in [5.74, 6) is -0.489. The van der Waals surface area contributed by atoms with Crippen LogP contribution in [0.1, 0.15) is 11.1 Å². The van der Waals surface area contributed by atoms with Crippen molar-refractivity contribution in [3.8, 4) is 28.5 Å². The molecule has 1 fully saturated rings. The van der Waals surface area contributed by atoms with Gasteiger partial charge in [0, 0.05) is 23.7 Å². The van der Waals surface area contributed by atoms with Crippen LogP contribution in [0.4, 0.5) is 13.2 Å². The van der Waals surface area contributed by atoms with Crippen molar-refractivity contribution in [3.05, 3.63) is 39.7 Å². The van der Waals surface area contributed by atoms with E-state index in [0.29, 0.717) is 48.0 Å². The number of aromatic nitrogens is 1. The van der Waals surface area contributed by atoms with E-state index in [9.17, 15) is 26.4 Å². The van der Waals surface area contributed by atoms with Gasteiger partial charge in [-0.1, -0.05) is 0 Å². The van der Waals surface area contributed by atoms with Crippen molar-refractivity contribution in [3.63, 3.8) is 0 Å². The zero-order chi connectivity index (χ0) is 24.7. The highest BCUT2D eigenvalue weighted by molar-refractivity contribution is 7.88. The van der Waals surface area contributed by atoms with Crippen LogP contribution in [0.2, 0.25) is 0 Å². The topological polar surface area (TPSA) is 102 Å². The maximum absolute atomic E-state index is 12.8. The number of alkyl halides is 3. The summed E-state index contributed by atoms with van der Waals surface area (Å²) in [7, 11) is -4.72. The fraction of sp³-hybridized carbons (Fsp3) is 0.476. The first-order valence-electron chi connectivity index (χ1n) is 10.3. The summed E-state index contributed by atoms with van der Waals surface area (Å²) < 4.78 is 89.2. The fourth-order valence-corrected chi connectivity index (χ4v) is 4.38. The van der Waals surface area contributed by atoms with Crippen molar-refractivity contribution in [2.24, 2.45) is 0 Å². The SMILES string of the molecule is COc1cc2c(cc1OS(=O)(=O)C(F)(F)F)CCn1c-2c(C)c(OCC2COCCO2)cc1=O. The molecule has 0 radical (unpaired) electrons. The number of ether oxygens (including phenoxy) is 4. The Hall–Kier alpha value is -2.77. The summed E-state index contributed by atoms with van der Waals surface area (Å²) in [6.45, 7) is 3.47. The second-order valence-corrected chi connectivity index (χ2v) is 9.28. The van der Waals surface area contributed by atoms with E-state index in [1.807, 2.05) is 0 Å². The minimum atomic E-state index is -5.89. The molecule has 1 unspecified atom stereocenters. The van der Waals surface area contributed by atoms with E-state index in [1.54, 1.807) is 6.92 Å². The predicted molar refractivity (Wildman–Crippen MR) is 113 cm³/mol. The van der Waals surface area contributed by atoms with Crippen molar-refractivity contribution in [2.45, 2.75) is 31.5 Å². The van der Waals surface area contributed by atoms with E-state index in [2.05, 4.69) is 4.18 Å². The lowest BCUT2D eigenvalue weighted by molar-refractivity contribution is -0.101. The molecule has 9 nitrogen and oxygen atoms in total. The van der Waals surface area contributed by atoms with Crippen molar-refractivity contribution >= 4 is 10.1 Å². The molecule has 2 aliphatic rings. The van der Waals surface area contributed by atoms with E-state index in [-0.39, 0.29) is 37.0 Å². The molecule has 3 heterocycles. The molecule has 0 saturated carbocycles. The molecule has 1 aromatic heterocycles. The molecule has 0 aliphatic carbocycles. The number of methoxy groups -OCH3 is 1. The maximum Gasteiger partial charge on any atom is 0.534 e. The van der Waals surface area contributed by atoms with Gasteiger partial charge in [-0.25, -0.2) is 0 Å². The zero-order valence-corrected chi connectivity index (χ0v) is 19.1. The second-order valence-electron chi connectivity index (χ2n) is 7.74. The maximum atomic E-state index is 12.8. The van der Waals surface area contributed by atoms with Crippen LogP contribution in [0.5, 0.6) is 17.2 Å². The molecular formula is C21H22F3NO8S.